The molecule has 31 heavy (non-hydrogen) atoms. The highest BCUT2D eigenvalue weighted by Gasteiger charge is 2.12. The molecule has 1 N–H and O–H groups in total. The van der Waals surface area contributed by atoms with E-state index in [1.165, 1.54) is 26.4 Å². The maximum absolute atomic E-state index is 12.2. The molecular weight excluding hydrogens is 396 g/mol. The van der Waals surface area contributed by atoms with Crippen LogP contribution in [0.2, 0.25) is 0 Å². The minimum absolute atomic E-state index is 0.0658. The second-order valence-electron chi connectivity index (χ2n) is 6.49. The summed E-state index contributed by atoms with van der Waals surface area (Å²) in [6, 6.07) is 14.3. The normalized spacial score (nSPS) is 11.1. The predicted molar refractivity (Wildman–Crippen MR) is 117 cm³/mol. The second-order valence-corrected chi connectivity index (χ2v) is 6.49. The highest BCUT2D eigenvalue weighted by molar-refractivity contribution is 6.01. The van der Waals surface area contributed by atoms with Gasteiger partial charge in [0.05, 0.1) is 13.7 Å². The van der Waals surface area contributed by atoms with Gasteiger partial charge in [0.1, 0.15) is 11.6 Å². The molecule has 0 aliphatic carbocycles. The molecule has 0 aliphatic heterocycles. The summed E-state index contributed by atoms with van der Waals surface area (Å²) in [5, 5.41) is 11.9. The lowest BCUT2D eigenvalue weighted by atomic mass is 10.1. The first-order chi connectivity index (χ1) is 15.0. The molecule has 7 nitrogen and oxygen atoms in total. The van der Waals surface area contributed by atoms with Crippen LogP contribution in [0, 0.1) is 18.3 Å². The van der Waals surface area contributed by atoms with Crippen LogP contribution in [0.5, 0.6) is 11.5 Å². The summed E-state index contributed by atoms with van der Waals surface area (Å²) in [4.78, 5) is 24.2. The predicted octanol–water partition coefficient (Wildman–Crippen LogP) is 3.29. The van der Waals surface area contributed by atoms with E-state index in [2.05, 4.69) is 5.32 Å². The number of nitrogens with zero attached hydrogens (tertiary/aromatic N) is 1. The highest BCUT2D eigenvalue weighted by Crippen LogP contribution is 2.29. The third-order valence-corrected chi connectivity index (χ3v) is 4.16. The Bertz CT molecular complexity index is 1020. The van der Waals surface area contributed by atoms with Crippen LogP contribution in [0.25, 0.3) is 12.2 Å². The van der Waals surface area contributed by atoms with Crippen LogP contribution in [0.15, 0.2) is 54.1 Å². The van der Waals surface area contributed by atoms with Crippen molar-refractivity contribution < 1.29 is 23.8 Å². The maximum Gasteiger partial charge on any atom is 0.336 e. The molecule has 0 unspecified atom stereocenters. The SMILES string of the molecule is COCCNC(=O)/C(C#N)=C\c1ccc(OC(=O)/C=C/c2ccc(C)cc2)c(OC)c1. The Morgan fingerprint density at radius 1 is 1.06 bits per heavy atom. The van der Waals surface area contributed by atoms with Gasteiger partial charge in [0, 0.05) is 19.7 Å². The molecule has 7 heteroatoms. The lowest BCUT2D eigenvalue weighted by Crippen LogP contribution is -2.27. The average Bonchev–Trinajstić information content (AvgIpc) is 2.78. The quantitative estimate of drug-likeness (QED) is 0.220. The molecular formula is C24H24N2O5. The Balaban J connectivity index is 2.11. The summed E-state index contributed by atoms with van der Waals surface area (Å²) in [5.41, 5.74) is 2.49. The molecule has 0 heterocycles. The first-order valence-corrected chi connectivity index (χ1v) is 9.50. The van der Waals surface area contributed by atoms with E-state index in [9.17, 15) is 14.9 Å². The fourth-order valence-corrected chi connectivity index (χ4v) is 2.52. The number of benzene rings is 2. The molecule has 2 aromatic rings. The number of carbonyl (C=O) groups excluding carboxylic acids is 2. The van der Waals surface area contributed by atoms with Crippen molar-refractivity contribution in [2.75, 3.05) is 27.4 Å². The van der Waals surface area contributed by atoms with E-state index in [4.69, 9.17) is 14.2 Å². The van der Waals surface area contributed by atoms with Crippen LogP contribution >= 0.6 is 0 Å². The Hall–Kier alpha value is -3.89. The number of carbonyl (C=O) groups is 2. The second kappa shape index (κ2) is 12.0. The zero-order chi connectivity index (χ0) is 22.6. The van der Waals surface area contributed by atoms with Gasteiger partial charge in [-0.3, -0.25) is 4.79 Å². The highest BCUT2D eigenvalue weighted by atomic mass is 16.6. The summed E-state index contributed by atoms with van der Waals surface area (Å²) < 4.78 is 15.5. The molecule has 2 rings (SSSR count). The third-order valence-electron chi connectivity index (χ3n) is 4.16. The molecule has 2 aromatic carbocycles. The number of esters is 1. The van der Waals surface area contributed by atoms with Gasteiger partial charge in [0.2, 0.25) is 0 Å². The topological polar surface area (TPSA) is 97.6 Å². The van der Waals surface area contributed by atoms with Crippen LogP contribution in [-0.2, 0) is 14.3 Å². The number of hydrogen-bond acceptors (Lipinski definition) is 6. The van der Waals surface area contributed by atoms with Crippen molar-refractivity contribution in [3.05, 3.63) is 70.8 Å². The van der Waals surface area contributed by atoms with E-state index < -0.39 is 11.9 Å². The number of nitriles is 1. The fraction of sp³-hybridized carbons (Fsp3) is 0.208. The van der Waals surface area contributed by atoms with Gasteiger partial charge in [-0.2, -0.15) is 5.26 Å². The Kier molecular flexibility index (Phi) is 9.02. The smallest absolute Gasteiger partial charge is 0.336 e. The van der Waals surface area contributed by atoms with Crippen LogP contribution < -0.4 is 14.8 Å². The van der Waals surface area contributed by atoms with E-state index in [1.54, 1.807) is 24.3 Å². The summed E-state index contributed by atoms with van der Waals surface area (Å²) in [7, 11) is 2.96. The number of amides is 1. The van der Waals surface area contributed by atoms with E-state index in [0.29, 0.717) is 24.5 Å². The van der Waals surface area contributed by atoms with Crippen LogP contribution in [0.4, 0.5) is 0 Å². The van der Waals surface area contributed by atoms with Crippen LogP contribution in [-0.4, -0.2) is 39.2 Å². The molecule has 0 aromatic heterocycles. The van der Waals surface area contributed by atoms with Crippen molar-refractivity contribution in [3.8, 4) is 17.6 Å². The molecule has 0 saturated carbocycles. The summed E-state index contributed by atoms with van der Waals surface area (Å²) in [6.07, 6.45) is 4.41. The molecule has 160 valence electrons. The number of methoxy groups -OCH3 is 2. The van der Waals surface area contributed by atoms with Crippen molar-refractivity contribution in [2.45, 2.75) is 6.92 Å². The van der Waals surface area contributed by atoms with Gasteiger partial charge >= 0.3 is 5.97 Å². The molecule has 0 radical (unpaired) electrons. The molecule has 0 aliphatic rings. The minimum atomic E-state index is -0.558. The standard InChI is InChI=1S/C24H24N2O5/c1-17-4-6-18(7-5-17)9-11-23(27)31-21-10-8-19(15-22(21)30-3)14-20(16-25)24(28)26-12-13-29-2/h4-11,14-15H,12-13H2,1-3H3,(H,26,28)/b11-9+,20-14-. The fourth-order valence-electron chi connectivity index (χ4n) is 2.52. The first kappa shape index (κ1) is 23.4. The Morgan fingerprint density at radius 3 is 2.42 bits per heavy atom. The van der Waals surface area contributed by atoms with Gasteiger partial charge in [-0.25, -0.2) is 4.79 Å². The van der Waals surface area contributed by atoms with Gasteiger partial charge in [0.25, 0.3) is 5.91 Å². The Labute approximate surface area is 181 Å². The van der Waals surface area contributed by atoms with E-state index >= 15 is 0 Å². The third kappa shape index (κ3) is 7.46. The zero-order valence-electron chi connectivity index (χ0n) is 17.7. The molecule has 0 fully saturated rings. The number of aryl methyl sites for hydroxylation is 1. The molecule has 1 amide bonds. The van der Waals surface area contributed by atoms with Gasteiger partial charge in [-0.15, -0.1) is 0 Å². The maximum atomic E-state index is 12.2. The van der Waals surface area contributed by atoms with E-state index in [-0.39, 0.29) is 11.3 Å². The first-order valence-electron chi connectivity index (χ1n) is 9.50. The lowest BCUT2D eigenvalue weighted by Gasteiger charge is -2.09. The van der Waals surface area contributed by atoms with Gasteiger partial charge < -0.3 is 19.5 Å². The van der Waals surface area contributed by atoms with E-state index in [1.807, 2.05) is 37.3 Å². The number of hydrogen-bond donors (Lipinski definition) is 1. The monoisotopic (exact) mass is 420 g/mol. The minimum Gasteiger partial charge on any atom is -0.493 e. The Morgan fingerprint density at radius 2 is 1.77 bits per heavy atom. The van der Waals surface area contributed by atoms with Gasteiger partial charge in [-0.05, 0) is 42.3 Å². The lowest BCUT2D eigenvalue weighted by molar-refractivity contribution is -0.129. The molecule has 0 saturated heterocycles. The van der Waals surface area contributed by atoms with Gasteiger partial charge in [-0.1, -0.05) is 35.9 Å². The molecule has 0 spiro atoms. The molecule has 0 bridgehead atoms. The van der Waals surface area contributed by atoms with Crippen molar-refractivity contribution in [1.82, 2.24) is 5.32 Å². The van der Waals surface area contributed by atoms with Crippen molar-refractivity contribution in [3.63, 3.8) is 0 Å². The summed E-state index contributed by atoms with van der Waals surface area (Å²) in [6.45, 7) is 2.62. The summed E-state index contributed by atoms with van der Waals surface area (Å²) >= 11 is 0. The number of ether oxygens (including phenoxy) is 3. The molecule has 0 atom stereocenters. The van der Waals surface area contributed by atoms with E-state index in [0.717, 1.165) is 11.1 Å². The van der Waals surface area contributed by atoms with Crippen LogP contribution in [0.3, 0.4) is 0 Å². The van der Waals surface area contributed by atoms with Gasteiger partial charge in [0.15, 0.2) is 11.5 Å². The zero-order valence-corrected chi connectivity index (χ0v) is 17.7. The van der Waals surface area contributed by atoms with Crippen molar-refractivity contribution in [2.24, 2.45) is 0 Å². The average molecular weight is 420 g/mol. The number of rotatable bonds is 9. The number of nitrogens with one attached hydrogen (secondary N) is 1. The van der Waals surface area contributed by atoms with Crippen LogP contribution in [0.1, 0.15) is 16.7 Å². The van der Waals surface area contributed by atoms with Crippen molar-refractivity contribution >= 4 is 24.0 Å². The van der Waals surface area contributed by atoms with Crippen molar-refractivity contribution in [1.29, 1.82) is 5.26 Å². The summed E-state index contributed by atoms with van der Waals surface area (Å²) in [5.74, 6) is -0.545. The largest absolute Gasteiger partial charge is 0.493 e.